The molecule has 6 aromatic carbocycles. The molecule has 0 saturated carbocycles. The summed E-state index contributed by atoms with van der Waals surface area (Å²) in [5.41, 5.74) is 3.32. The smallest absolute Gasteiger partial charge is 0.401 e. The highest BCUT2D eigenvalue weighted by Crippen LogP contribution is 2.46. The molecule has 0 aliphatic carbocycles. The van der Waals surface area contributed by atoms with Gasteiger partial charge in [0.2, 0.25) is 0 Å². The molecule has 6 aromatic rings. The molecule has 0 unspecified atom stereocenters. The van der Waals surface area contributed by atoms with Crippen molar-refractivity contribution < 1.29 is 22.8 Å². The van der Waals surface area contributed by atoms with Crippen LogP contribution in [0, 0.1) is 0 Å². The lowest BCUT2D eigenvalue weighted by Crippen LogP contribution is -2.48. The van der Waals surface area contributed by atoms with Crippen LogP contribution >= 0.6 is 0 Å². The predicted molar refractivity (Wildman–Crippen MR) is 197 cm³/mol. The number of hydrogen-bond donors (Lipinski definition) is 1. The van der Waals surface area contributed by atoms with Crippen LogP contribution in [0.4, 0.5) is 0 Å². The van der Waals surface area contributed by atoms with Crippen molar-refractivity contribution in [2.24, 2.45) is 0 Å². The molecule has 0 radical (unpaired) electrons. The van der Waals surface area contributed by atoms with Gasteiger partial charge < -0.3 is 9.68 Å². The van der Waals surface area contributed by atoms with Crippen molar-refractivity contribution in [2.75, 3.05) is 12.4 Å². The zero-order chi connectivity index (χ0) is 34.0. The normalized spacial score (nSPS) is 12.5. The van der Waals surface area contributed by atoms with E-state index in [9.17, 15) is 9.82 Å². The number of carbonyl (C=O) groups is 1. The van der Waals surface area contributed by atoms with Gasteiger partial charge in [0.15, 0.2) is 5.78 Å². The van der Waals surface area contributed by atoms with Crippen molar-refractivity contribution in [2.45, 2.75) is 28.0 Å². The lowest BCUT2D eigenvalue weighted by molar-refractivity contribution is 0.101. The van der Waals surface area contributed by atoms with Crippen molar-refractivity contribution in [3.63, 3.8) is 0 Å². The third kappa shape index (κ3) is 7.12. The molecular formula is C42H39BO5S. The van der Waals surface area contributed by atoms with Crippen LogP contribution in [-0.2, 0) is 23.5 Å². The Morgan fingerprint density at radius 3 is 1.35 bits per heavy atom. The summed E-state index contributed by atoms with van der Waals surface area (Å²) >= 11 is 0. The fraction of sp³-hybridized carbons (Fsp3) is 0.119. The minimum absolute atomic E-state index is 0.106. The summed E-state index contributed by atoms with van der Waals surface area (Å²) in [5.74, 6) is -0.884. The molecule has 0 bridgehead atoms. The Bertz CT molecular complexity index is 1850. The standard InChI is InChI=1S/C42H39BO5S/c44-41(35-20-7-1-8-21-35)34-49(46,39-28-15-5-16-29-39,40-30-17-6-18-31-40)48-43(45)47-33-19-32-42(36-22-9-2-10-23-36,37-24-11-3-12-25-37)38-26-13-4-14-27-38/h1-18,20-31,45H,19,32-34H2. The molecule has 0 aliphatic heterocycles. The summed E-state index contributed by atoms with van der Waals surface area (Å²) in [6.07, 6.45) is 1.19. The quantitative estimate of drug-likeness (QED) is 0.0515. The van der Waals surface area contributed by atoms with Crippen LogP contribution in [0.15, 0.2) is 192 Å². The van der Waals surface area contributed by atoms with E-state index in [4.69, 9.17) is 8.75 Å². The molecule has 0 saturated heterocycles. The highest BCUT2D eigenvalue weighted by Gasteiger charge is 2.44. The molecular weight excluding hydrogens is 627 g/mol. The summed E-state index contributed by atoms with van der Waals surface area (Å²) in [7, 11) is -6.65. The summed E-state index contributed by atoms with van der Waals surface area (Å²) in [5, 5.41) is 11.4. The van der Waals surface area contributed by atoms with Crippen molar-refractivity contribution in [1.29, 1.82) is 0 Å². The van der Waals surface area contributed by atoms with Gasteiger partial charge in [-0.15, -0.1) is 9.35 Å². The van der Waals surface area contributed by atoms with E-state index in [2.05, 4.69) is 36.4 Å². The fourth-order valence-corrected chi connectivity index (χ4v) is 9.97. The Kier molecular flexibility index (Phi) is 10.5. The number of benzene rings is 6. The maximum absolute atomic E-state index is 15.8. The van der Waals surface area contributed by atoms with Gasteiger partial charge in [-0.3, -0.25) is 8.90 Å². The Balaban J connectivity index is 1.31. The average Bonchev–Trinajstić information content (AvgIpc) is 3.17. The Hall–Kier alpha value is -4.92. The zero-order valence-electron chi connectivity index (χ0n) is 27.2. The molecule has 0 aliphatic rings. The third-order valence-electron chi connectivity index (χ3n) is 8.97. The van der Waals surface area contributed by atoms with Gasteiger partial charge in [0, 0.05) is 17.6 Å². The van der Waals surface area contributed by atoms with Gasteiger partial charge in [-0.1, -0.05) is 158 Å². The van der Waals surface area contributed by atoms with E-state index in [0.29, 0.717) is 18.4 Å². The van der Waals surface area contributed by atoms with Crippen LogP contribution in [0.2, 0.25) is 0 Å². The van der Waals surface area contributed by atoms with Gasteiger partial charge in [-0.2, -0.15) is 4.21 Å². The number of hydrogen-bond acceptors (Lipinski definition) is 5. The molecule has 0 spiro atoms. The maximum Gasteiger partial charge on any atom is 0.656 e. The minimum atomic E-state index is -4.76. The largest absolute Gasteiger partial charge is 0.656 e. The highest BCUT2D eigenvalue weighted by atomic mass is 32.3. The Labute approximate surface area is 289 Å². The molecule has 1 N–H and O–H groups in total. The van der Waals surface area contributed by atoms with E-state index >= 15 is 4.21 Å². The van der Waals surface area contributed by atoms with Crippen LogP contribution in [0.25, 0.3) is 0 Å². The van der Waals surface area contributed by atoms with Crippen LogP contribution in [-0.4, -0.2) is 34.7 Å². The molecule has 0 heterocycles. The van der Waals surface area contributed by atoms with Gasteiger partial charge in [0.1, 0.15) is 5.75 Å². The molecule has 49 heavy (non-hydrogen) atoms. The average molecular weight is 667 g/mol. The van der Waals surface area contributed by atoms with Crippen LogP contribution in [0.5, 0.6) is 0 Å². The molecule has 7 heteroatoms. The number of carbonyl (C=O) groups excluding carboxylic acids is 1. The maximum atomic E-state index is 15.8. The van der Waals surface area contributed by atoms with Gasteiger partial charge in [-0.05, 0) is 53.8 Å². The second kappa shape index (κ2) is 15.1. The zero-order valence-corrected chi connectivity index (χ0v) is 28.0. The first-order valence-electron chi connectivity index (χ1n) is 16.4. The summed E-state index contributed by atoms with van der Waals surface area (Å²) in [6, 6.07) is 57.1. The van der Waals surface area contributed by atoms with Crippen molar-refractivity contribution in [1.82, 2.24) is 0 Å². The van der Waals surface area contributed by atoms with Gasteiger partial charge in [0.05, 0.1) is 9.79 Å². The molecule has 0 atom stereocenters. The minimum Gasteiger partial charge on any atom is -0.401 e. The number of rotatable bonds is 15. The highest BCUT2D eigenvalue weighted by molar-refractivity contribution is 8.17. The van der Waals surface area contributed by atoms with E-state index in [1.54, 1.807) is 84.9 Å². The van der Waals surface area contributed by atoms with Crippen LogP contribution in [0.3, 0.4) is 0 Å². The second-order valence-electron chi connectivity index (χ2n) is 12.0. The second-order valence-corrected chi connectivity index (χ2v) is 15.4. The van der Waals surface area contributed by atoms with E-state index < -0.39 is 27.8 Å². The van der Waals surface area contributed by atoms with E-state index in [-0.39, 0.29) is 22.2 Å². The fourth-order valence-electron chi connectivity index (χ4n) is 6.61. The van der Waals surface area contributed by atoms with Crippen LogP contribution in [0.1, 0.15) is 39.9 Å². The summed E-state index contributed by atoms with van der Waals surface area (Å²) in [4.78, 5) is 14.4. The first kappa shape index (κ1) is 34.0. The summed E-state index contributed by atoms with van der Waals surface area (Å²) in [6.45, 7) is 0.106. The molecule has 246 valence electrons. The van der Waals surface area contributed by atoms with Crippen LogP contribution < -0.4 is 0 Å². The van der Waals surface area contributed by atoms with Gasteiger partial charge >= 0.3 is 7.32 Å². The topological polar surface area (TPSA) is 72.8 Å². The van der Waals surface area contributed by atoms with Gasteiger partial charge in [-0.25, -0.2) is 0 Å². The van der Waals surface area contributed by atoms with Crippen molar-refractivity contribution in [3.8, 4) is 0 Å². The molecule has 6 rings (SSSR count). The van der Waals surface area contributed by atoms with Crippen molar-refractivity contribution in [3.05, 3.63) is 204 Å². The van der Waals surface area contributed by atoms with Gasteiger partial charge in [0.25, 0.3) is 0 Å². The number of Topliss-reactive ketones (excluding diaryl/α,β-unsaturated/α-hetero) is 1. The van der Waals surface area contributed by atoms with Crippen molar-refractivity contribution >= 4 is 22.5 Å². The molecule has 0 amide bonds. The lowest BCUT2D eigenvalue weighted by Gasteiger charge is -2.48. The number of ketones is 1. The molecule has 0 fully saturated rings. The lowest BCUT2D eigenvalue weighted by atomic mass is 9.67. The first-order valence-corrected chi connectivity index (χ1v) is 18.5. The first-order chi connectivity index (χ1) is 23.9. The third-order valence-corrected chi connectivity index (χ3v) is 12.8. The van der Waals surface area contributed by atoms with E-state index in [1.807, 2.05) is 60.7 Å². The van der Waals surface area contributed by atoms with E-state index in [1.165, 1.54) is 0 Å². The molecule has 0 aromatic heterocycles. The SMILES string of the molecule is O=C(CS(=O)(OB(O)OCCCC(c1ccccc1)(c1ccccc1)c1ccccc1)(c1ccccc1)c1ccccc1)c1ccccc1. The Morgan fingerprint density at radius 1 is 0.571 bits per heavy atom. The Morgan fingerprint density at radius 2 is 0.939 bits per heavy atom. The summed E-state index contributed by atoms with van der Waals surface area (Å²) < 4.78 is 28.0. The predicted octanol–water partition coefficient (Wildman–Crippen LogP) is 8.55. The monoisotopic (exact) mass is 666 g/mol. The molecule has 5 nitrogen and oxygen atoms in total. The van der Waals surface area contributed by atoms with E-state index in [0.717, 1.165) is 16.7 Å².